The fourth-order valence-electron chi connectivity index (χ4n) is 4.62. The van der Waals surface area contributed by atoms with E-state index in [1.54, 1.807) is 0 Å². The van der Waals surface area contributed by atoms with E-state index < -0.39 is 0 Å². The van der Waals surface area contributed by atoms with Gasteiger partial charge in [0.25, 0.3) is 0 Å². The molecule has 0 radical (unpaired) electrons. The molecule has 0 amide bonds. The van der Waals surface area contributed by atoms with E-state index >= 15 is 0 Å². The minimum Gasteiger partial charge on any atom is -0.356 e. The normalized spacial score (nSPS) is 21.7. The van der Waals surface area contributed by atoms with Crippen LogP contribution in [0, 0.1) is 5.41 Å². The molecule has 1 heterocycles. The third-order valence-corrected chi connectivity index (χ3v) is 6.51. The Bertz CT molecular complexity index is 1050. The van der Waals surface area contributed by atoms with Crippen LogP contribution in [-0.2, 0) is 0 Å². The van der Waals surface area contributed by atoms with Crippen LogP contribution in [0.1, 0.15) is 66.3 Å². The molecular formula is C30H39N3. The van der Waals surface area contributed by atoms with Crippen LogP contribution in [0.2, 0.25) is 0 Å². The minimum atomic E-state index is 0.184. The number of nitrogens with one attached hydrogen (secondary N) is 1. The highest BCUT2D eigenvalue weighted by molar-refractivity contribution is 5.39. The van der Waals surface area contributed by atoms with Gasteiger partial charge in [-0.2, -0.15) is 0 Å². The van der Waals surface area contributed by atoms with Crippen molar-refractivity contribution in [1.82, 2.24) is 14.9 Å². The largest absolute Gasteiger partial charge is 0.356 e. The molecule has 0 bridgehead atoms. The van der Waals surface area contributed by atoms with Crippen LogP contribution in [0.3, 0.4) is 0 Å². The summed E-state index contributed by atoms with van der Waals surface area (Å²) >= 11 is 0. The van der Waals surface area contributed by atoms with Crippen LogP contribution < -0.4 is 5.32 Å². The van der Waals surface area contributed by atoms with Gasteiger partial charge in [0.15, 0.2) is 0 Å². The quantitative estimate of drug-likeness (QED) is 0.415. The van der Waals surface area contributed by atoms with E-state index in [1.807, 2.05) is 12.5 Å². The maximum Gasteiger partial charge on any atom is 0.0951 e. The molecule has 1 N–H and O–H groups in total. The van der Waals surface area contributed by atoms with Gasteiger partial charge < -0.3 is 9.88 Å². The second-order valence-corrected chi connectivity index (χ2v) is 9.83. The summed E-state index contributed by atoms with van der Waals surface area (Å²) in [6.07, 6.45) is 30.0. The highest BCUT2D eigenvalue weighted by Crippen LogP contribution is 2.45. The number of hydrogen-bond donors (Lipinski definition) is 1. The van der Waals surface area contributed by atoms with Gasteiger partial charge in [-0.25, -0.2) is 4.98 Å². The van der Waals surface area contributed by atoms with Crippen molar-refractivity contribution in [2.75, 3.05) is 0 Å². The van der Waals surface area contributed by atoms with E-state index in [9.17, 15) is 0 Å². The Labute approximate surface area is 200 Å². The van der Waals surface area contributed by atoms with Crippen molar-refractivity contribution in [2.24, 2.45) is 5.41 Å². The zero-order valence-corrected chi connectivity index (χ0v) is 20.9. The van der Waals surface area contributed by atoms with Crippen LogP contribution in [0.25, 0.3) is 0 Å². The van der Waals surface area contributed by atoms with Crippen LogP contribution in [0.15, 0.2) is 114 Å². The predicted octanol–water partition coefficient (Wildman–Crippen LogP) is 7.90. The van der Waals surface area contributed by atoms with Crippen LogP contribution in [-0.4, -0.2) is 9.55 Å². The molecule has 2 aliphatic carbocycles. The van der Waals surface area contributed by atoms with E-state index in [0.29, 0.717) is 6.04 Å². The maximum absolute atomic E-state index is 4.25. The third-order valence-electron chi connectivity index (χ3n) is 6.51. The van der Waals surface area contributed by atoms with Gasteiger partial charge in [0.1, 0.15) is 0 Å². The Kier molecular flexibility index (Phi) is 8.32. The van der Waals surface area contributed by atoms with Crippen molar-refractivity contribution in [3.05, 3.63) is 114 Å². The fourth-order valence-corrected chi connectivity index (χ4v) is 4.62. The molecule has 1 aromatic heterocycles. The summed E-state index contributed by atoms with van der Waals surface area (Å²) < 4.78 is 2.24. The molecule has 174 valence electrons. The molecule has 0 fully saturated rings. The lowest BCUT2D eigenvalue weighted by Crippen LogP contribution is -2.25. The first kappa shape index (κ1) is 24.6. The standard InChI is InChI=1S/C30H39N3/c1-23(11-10-12-24(2)21-25(3)32-27-13-8-7-9-14-27)15-16-28-26(4)29(17-18-30(28,5)6)33-20-19-31-22-33/h8,10-16,19-22,29,32H,3,7,9,17-18H2,1-2,4-6H3/b12-10+,16-15+,23-11+,24-21+. The SMILES string of the molecule is C=C(/C=C(C)/C=C/C=C(C)/C=C/C1=C(C)C(n2ccnc2)CCC1(C)C)NC1=CCCC=C1. The highest BCUT2D eigenvalue weighted by Gasteiger charge is 2.32. The van der Waals surface area contributed by atoms with Gasteiger partial charge in [-0.3, -0.25) is 0 Å². The van der Waals surface area contributed by atoms with Crippen molar-refractivity contribution in [2.45, 2.75) is 66.3 Å². The summed E-state index contributed by atoms with van der Waals surface area (Å²) in [5, 5.41) is 3.36. The predicted molar refractivity (Wildman–Crippen MR) is 142 cm³/mol. The van der Waals surface area contributed by atoms with Gasteiger partial charge in [-0.1, -0.05) is 68.5 Å². The highest BCUT2D eigenvalue weighted by atomic mass is 15.1. The molecule has 3 rings (SSSR count). The van der Waals surface area contributed by atoms with Crippen molar-refractivity contribution < 1.29 is 0 Å². The number of imidazole rings is 1. The Hall–Kier alpha value is -3.07. The zero-order valence-electron chi connectivity index (χ0n) is 20.9. The first-order valence-corrected chi connectivity index (χ1v) is 12.0. The Balaban J connectivity index is 1.65. The average molecular weight is 442 g/mol. The molecule has 3 nitrogen and oxygen atoms in total. The lowest BCUT2D eigenvalue weighted by atomic mass is 9.71. The summed E-state index contributed by atoms with van der Waals surface area (Å²) in [7, 11) is 0. The number of aromatic nitrogens is 2. The average Bonchev–Trinajstić information content (AvgIpc) is 3.28. The molecule has 1 unspecified atom stereocenters. The molecule has 0 aromatic carbocycles. The molecule has 3 heteroatoms. The van der Waals surface area contributed by atoms with Gasteiger partial charge in [-0.05, 0) is 80.7 Å². The molecule has 0 saturated heterocycles. The zero-order chi connectivity index (χ0) is 23.8. The van der Waals surface area contributed by atoms with Crippen LogP contribution in [0.5, 0.6) is 0 Å². The fraction of sp³-hybridized carbons (Fsp3) is 0.367. The summed E-state index contributed by atoms with van der Waals surface area (Å²) in [5.41, 5.74) is 7.50. The summed E-state index contributed by atoms with van der Waals surface area (Å²) in [4.78, 5) is 4.25. The second kappa shape index (κ2) is 11.2. The van der Waals surface area contributed by atoms with E-state index in [2.05, 4.69) is 117 Å². The molecule has 0 saturated carbocycles. The lowest BCUT2D eigenvalue weighted by molar-refractivity contribution is 0.327. The van der Waals surface area contributed by atoms with Gasteiger partial charge >= 0.3 is 0 Å². The number of rotatable bonds is 8. The molecular weight excluding hydrogens is 402 g/mol. The smallest absolute Gasteiger partial charge is 0.0951 e. The first-order valence-electron chi connectivity index (χ1n) is 12.0. The third kappa shape index (κ3) is 6.95. The second-order valence-electron chi connectivity index (χ2n) is 9.83. The van der Waals surface area contributed by atoms with Crippen molar-refractivity contribution in [3.8, 4) is 0 Å². The topological polar surface area (TPSA) is 29.9 Å². The molecule has 1 atom stereocenters. The number of nitrogens with zero attached hydrogens (tertiary/aromatic N) is 2. The Morgan fingerprint density at radius 1 is 1.21 bits per heavy atom. The van der Waals surface area contributed by atoms with Gasteiger partial charge in [-0.15, -0.1) is 0 Å². The molecule has 0 spiro atoms. The van der Waals surface area contributed by atoms with E-state index in [1.165, 1.54) is 23.1 Å². The Morgan fingerprint density at radius 3 is 2.73 bits per heavy atom. The lowest BCUT2D eigenvalue weighted by Gasteiger charge is -2.37. The maximum atomic E-state index is 4.25. The van der Waals surface area contributed by atoms with E-state index in [0.717, 1.165) is 36.2 Å². The van der Waals surface area contributed by atoms with E-state index in [-0.39, 0.29) is 5.41 Å². The monoisotopic (exact) mass is 441 g/mol. The Morgan fingerprint density at radius 2 is 2.03 bits per heavy atom. The summed E-state index contributed by atoms with van der Waals surface area (Å²) in [6, 6.07) is 0.402. The summed E-state index contributed by atoms with van der Waals surface area (Å²) in [5.74, 6) is 0. The summed E-state index contributed by atoms with van der Waals surface area (Å²) in [6.45, 7) is 15.4. The van der Waals surface area contributed by atoms with Gasteiger partial charge in [0.05, 0.1) is 12.4 Å². The minimum absolute atomic E-state index is 0.184. The number of allylic oxidation sites excluding steroid dienone is 13. The molecule has 0 aliphatic heterocycles. The van der Waals surface area contributed by atoms with Crippen molar-refractivity contribution in [3.63, 3.8) is 0 Å². The van der Waals surface area contributed by atoms with Gasteiger partial charge in [0, 0.05) is 23.8 Å². The molecule has 1 aromatic rings. The van der Waals surface area contributed by atoms with Crippen molar-refractivity contribution in [1.29, 1.82) is 0 Å². The molecule has 2 aliphatic rings. The molecule has 33 heavy (non-hydrogen) atoms. The first-order chi connectivity index (χ1) is 15.8. The van der Waals surface area contributed by atoms with Crippen LogP contribution >= 0.6 is 0 Å². The van der Waals surface area contributed by atoms with Crippen LogP contribution in [0.4, 0.5) is 0 Å². The van der Waals surface area contributed by atoms with Crippen molar-refractivity contribution >= 4 is 0 Å². The van der Waals surface area contributed by atoms with E-state index in [4.69, 9.17) is 0 Å². The van der Waals surface area contributed by atoms with Gasteiger partial charge in [0.2, 0.25) is 0 Å². The number of hydrogen-bond acceptors (Lipinski definition) is 2.